The van der Waals surface area contributed by atoms with Crippen LogP contribution in [0.2, 0.25) is 0 Å². The van der Waals surface area contributed by atoms with Gasteiger partial charge in [-0.3, -0.25) is 14.9 Å². The minimum atomic E-state index is -0.572. The minimum absolute atomic E-state index is 0.0475. The zero-order valence-electron chi connectivity index (χ0n) is 8.34. The number of nitrogens with zero attached hydrogens (tertiary/aromatic N) is 3. The normalized spacial score (nSPS) is 9.93. The van der Waals surface area contributed by atoms with E-state index in [2.05, 4.69) is 9.97 Å². The highest BCUT2D eigenvalue weighted by Crippen LogP contribution is 2.06. The fourth-order valence-corrected chi connectivity index (χ4v) is 1.08. The van der Waals surface area contributed by atoms with Crippen LogP contribution in [0.4, 0.5) is 5.69 Å². The number of carbonyl (C=O) groups excluding carboxylic acids is 1. The number of hydrogen-bond donors (Lipinski definition) is 0. The Kier molecular flexibility index (Phi) is 3.84. The Morgan fingerprint density at radius 3 is 2.53 bits per heavy atom. The van der Waals surface area contributed by atoms with Gasteiger partial charge < -0.3 is 0 Å². The van der Waals surface area contributed by atoms with Gasteiger partial charge in [-0.15, -0.1) is 0 Å². The number of nitro groups is 1. The molecular weight excluding hydrogens is 198 g/mol. The van der Waals surface area contributed by atoms with Crippen LogP contribution in [0.15, 0.2) is 12.4 Å². The van der Waals surface area contributed by atoms with E-state index >= 15 is 0 Å². The molecule has 0 aliphatic carbocycles. The standard InChI is InChI=1S/C9H11N3O3/c1-2-3-8(13)4-9-10-5-7(6-11-9)12(14)15/h5-6H,2-4H2,1H3. The van der Waals surface area contributed by atoms with Crippen molar-refractivity contribution in [1.29, 1.82) is 0 Å². The number of aromatic nitrogens is 2. The summed E-state index contributed by atoms with van der Waals surface area (Å²) in [5.41, 5.74) is -0.165. The van der Waals surface area contributed by atoms with Crippen LogP contribution < -0.4 is 0 Å². The van der Waals surface area contributed by atoms with E-state index in [0.29, 0.717) is 12.2 Å². The molecule has 0 saturated carbocycles. The first kappa shape index (κ1) is 11.2. The predicted molar refractivity (Wildman–Crippen MR) is 52.3 cm³/mol. The van der Waals surface area contributed by atoms with Gasteiger partial charge in [-0.05, 0) is 6.42 Å². The van der Waals surface area contributed by atoms with Crippen molar-refractivity contribution in [2.24, 2.45) is 0 Å². The van der Waals surface area contributed by atoms with E-state index in [4.69, 9.17) is 0 Å². The van der Waals surface area contributed by atoms with E-state index in [9.17, 15) is 14.9 Å². The van der Waals surface area contributed by atoms with Crippen molar-refractivity contribution < 1.29 is 9.72 Å². The Morgan fingerprint density at radius 2 is 2.07 bits per heavy atom. The molecule has 0 amide bonds. The lowest BCUT2D eigenvalue weighted by atomic mass is 10.2. The molecule has 0 spiro atoms. The summed E-state index contributed by atoms with van der Waals surface area (Å²) in [4.78, 5) is 28.4. The number of hydrogen-bond acceptors (Lipinski definition) is 5. The van der Waals surface area contributed by atoms with Crippen molar-refractivity contribution >= 4 is 11.5 Å². The van der Waals surface area contributed by atoms with Gasteiger partial charge >= 0.3 is 5.69 Å². The fraction of sp³-hybridized carbons (Fsp3) is 0.444. The van der Waals surface area contributed by atoms with Crippen LogP contribution >= 0.6 is 0 Å². The van der Waals surface area contributed by atoms with Crippen LogP contribution in [-0.4, -0.2) is 20.7 Å². The first-order valence-electron chi connectivity index (χ1n) is 4.60. The molecule has 6 nitrogen and oxygen atoms in total. The van der Waals surface area contributed by atoms with Crippen LogP contribution in [0, 0.1) is 10.1 Å². The van der Waals surface area contributed by atoms with Gasteiger partial charge in [0, 0.05) is 6.42 Å². The summed E-state index contributed by atoms with van der Waals surface area (Å²) in [7, 11) is 0. The minimum Gasteiger partial charge on any atom is -0.299 e. The van der Waals surface area contributed by atoms with E-state index in [0.717, 1.165) is 18.8 Å². The second-order valence-electron chi connectivity index (χ2n) is 3.08. The summed E-state index contributed by atoms with van der Waals surface area (Å²) < 4.78 is 0. The summed E-state index contributed by atoms with van der Waals surface area (Å²) in [6, 6.07) is 0. The molecule has 1 heterocycles. The molecule has 0 fully saturated rings. The zero-order chi connectivity index (χ0) is 11.3. The molecule has 0 unspecified atom stereocenters. The van der Waals surface area contributed by atoms with Crippen molar-refractivity contribution in [1.82, 2.24) is 9.97 Å². The van der Waals surface area contributed by atoms with Gasteiger partial charge in [0.25, 0.3) is 0 Å². The Hall–Kier alpha value is -1.85. The maximum atomic E-state index is 11.2. The molecule has 0 bridgehead atoms. The molecule has 80 valence electrons. The van der Waals surface area contributed by atoms with Gasteiger partial charge in [0.05, 0.1) is 11.3 Å². The highest BCUT2D eigenvalue weighted by molar-refractivity contribution is 5.79. The molecule has 1 rings (SSSR count). The van der Waals surface area contributed by atoms with Crippen LogP contribution in [-0.2, 0) is 11.2 Å². The Balaban J connectivity index is 2.64. The van der Waals surface area contributed by atoms with Gasteiger partial charge in [0.1, 0.15) is 24.0 Å². The van der Waals surface area contributed by atoms with Gasteiger partial charge in [-0.1, -0.05) is 6.92 Å². The third-order valence-corrected chi connectivity index (χ3v) is 1.79. The molecule has 1 aromatic rings. The lowest BCUT2D eigenvalue weighted by molar-refractivity contribution is -0.385. The van der Waals surface area contributed by atoms with E-state index in [1.165, 1.54) is 0 Å². The van der Waals surface area contributed by atoms with Crippen molar-refractivity contribution in [2.45, 2.75) is 26.2 Å². The van der Waals surface area contributed by atoms with Crippen molar-refractivity contribution in [3.63, 3.8) is 0 Å². The SMILES string of the molecule is CCCC(=O)Cc1ncc([N+](=O)[O-])cn1. The maximum absolute atomic E-state index is 11.2. The summed E-state index contributed by atoms with van der Waals surface area (Å²) in [6.07, 6.45) is 3.64. The highest BCUT2D eigenvalue weighted by atomic mass is 16.6. The molecule has 1 aromatic heterocycles. The van der Waals surface area contributed by atoms with Crippen molar-refractivity contribution in [2.75, 3.05) is 0 Å². The van der Waals surface area contributed by atoms with Crippen LogP contribution in [0.1, 0.15) is 25.6 Å². The summed E-state index contributed by atoms with van der Waals surface area (Å²) in [6.45, 7) is 1.91. The Labute approximate surface area is 86.5 Å². The zero-order valence-corrected chi connectivity index (χ0v) is 8.34. The van der Waals surface area contributed by atoms with Crippen molar-refractivity contribution in [3.8, 4) is 0 Å². The first-order chi connectivity index (χ1) is 7.13. The summed E-state index contributed by atoms with van der Waals surface area (Å²) in [5.74, 6) is 0.380. The molecule has 15 heavy (non-hydrogen) atoms. The molecule has 0 aliphatic rings. The van der Waals surface area contributed by atoms with Gasteiger partial charge in [0.15, 0.2) is 0 Å². The molecule has 0 N–H and O–H groups in total. The monoisotopic (exact) mass is 209 g/mol. The van der Waals surface area contributed by atoms with Gasteiger partial charge in [-0.25, -0.2) is 9.97 Å². The molecule has 0 atom stereocenters. The highest BCUT2D eigenvalue weighted by Gasteiger charge is 2.09. The Bertz CT molecular complexity index is 361. The number of rotatable bonds is 5. The summed E-state index contributed by atoms with van der Waals surface area (Å²) >= 11 is 0. The first-order valence-corrected chi connectivity index (χ1v) is 4.60. The number of Topliss-reactive ketones (excluding diaryl/α,β-unsaturated/α-hetero) is 1. The quantitative estimate of drug-likeness (QED) is 0.538. The second-order valence-corrected chi connectivity index (χ2v) is 3.08. The maximum Gasteiger partial charge on any atom is 0.305 e. The average Bonchev–Trinajstić information content (AvgIpc) is 2.18. The third kappa shape index (κ3) is 3.41. The number of ketones is 1. The molecular formula is C9H11N3O3. The Morgan fingerprint density at radius 1 is 1.47 bits per heavy atom. The van der Waals surface area contributed by atoms with Crippen LogP contribution in [0.3, 0.4) is 0 Å². The molecule has 6 heteroatoms. The third-order valence-electron chi connectivity index (χ3n) is 1.79. The molecule has 0 aliphatic heterocycles. The largest absolute Gasteiger partial charge is 0.305 e. The molecule has 0 aromatic carbocycles. The number of carbonyl (C=O) groups is 1. The van der Waals surface area contributed by atoms with E-state index in [1.807, 2.05) is 6.92 Å². The topological polar surface area (TPSA) is 86.0 Å². The summed E-state index contributed by atoms with van der Waals surface area (Å²) in [5, 5.41) is 10.3. The predicted octanol–water partition coefficient (Wildman–Crippen LogP) is 1.30. The lowest BCUT2D eigenvalue weighted by Crippen LogP contribution is -2.06. The molecule has 0 saturated heterocycles. The molecule has 0 radical (unpaired) electrons. The van der Waals surface area contributed by atoms with E-state index in [1.54, 1.807) is 0 Å². The van der Waals surface area contributed by atoms with Crippen LogP contribution in [0.5, 0.6) is 0 Å². The van der Waals surface area contributed by atoms with Gasteiger partial charge in [0.2, 0.25) is 0 Å². The van der Waals surface area contributed by atoms with E-state index < -0.39 is 4.92 Å². The van der Waals surface area contributed by atoms with E-state index in [-0.39, 0.29) is 17.9 Å². The fourth-order valence-electron chi connectivity index (χ4n) is 1.08. The van der Waals surface area contributed by atoms with Crippen molar-refractivity contribution in [3.05, 3.63) is 28.3 Å². The lowest BCUT2D eigenvalue weighted by Gasteiger charge is -1.97. The second kappa shape index (κ2) is 5.14. The average molecular weight is 209 g/mol. The smallest absolute Gasteiger partial charge is 0.299 e. The van der Waals surface area contributed by atoms with Crippen LogP contribution in [0.25, 0.3) is 0 Å². The van der Waals surface area contributed by atoms with Gasteiger partial charge in [-0.2, -0.15) is 0 Å².